The lowest BCUT2D eigenvalue weighted by Gasteiger charge is -2.08. The highest BCUT2D eigenvalue weighted by atomic mass is 32.2. The van der Waals surface area contributed by atoms with Crippen molar-refractivity contribution in [1.29, 1.82) is 0 Å². The maximum Gasteiger partial charge on any atom is 0.296 e. The largest absolute Gasteiger partial charge is 0.456 e. The van der Waals surface area contributed by atoms with Gasteiger partial charge in [-0.1, -0.05) is 34.7 Å². The van der Waals surface area contributed by atoms with E-state index in [0.29, 0.717) is 5.75 Å². The number of para-hydroxylation sites is 2. The minimum Gasteiger partial charge on any atom is -0.456 e. The van der Waals surface area contributed by atoms with Crippen LogP contribution in [-0.4, -0.2) is 14.5 Å². The molecule has 0 aliphatic rings. The van der Waals surface area contributed by atoms with Gasteiger partial charge in [-0.25, -0.2) is 4.79 Å². The first-order chi connectivity index (χ1) is 9.13. The van der Waals surface area contributed by atoms with E-state index in [1.165, 1.54) is 18.2 Å². The van der Waals surface area contributed by atoms with E-state index in [-0.39, 0.29) is 10.6 Å². The van der Waals surface area contributed by atoms with Crippen molar-refractivity contribution in [3.05, 3.63) is 54.6 Å². The normalized spacial score (nSPS) is 10.5. The molecule has 0 aliphatic carbocycles. The van der Waals surface area contributed by atoms with E-state index in [4.69, 9.17) is 4.74 Å². The molecule has 0 N–H and O–H groups in total. The Morgan fingerprint density at radius 3 is 2.26 bits per heavy atom. The molecule has 96 valence electrons. The lowest BCUT2D eigenvalue weighted by molar-refractivity contribution is 0.467. The van der Waals surface area contributed by atoms with Gasteiger partial charge in [0.25, 0.3) is 16.1 Å². The molecule has 2 aromatic rings. The summed E-state index contributed by atoms with van der Waals surface area (Å²) in [6.07, 6.45) is 1.03. The van der Waals surface area contributed by atoms with Crippen LogP contribution >= 0.6 is 0 Å². The standard InChI is InChI=1S/C13H9NO4S/c15-10-14-19(16,17)13-9-5-4-8-12(13)18-11-6-2-1-3-7-11/h1-9H. The molecule has 5 nitrogen and oxygen atoms in total. The quantitative estimate of drug-likeness (QED) is 0.634. The Hall–Kier alpha value is -2.43. The van der Waals surface area contributed by atoms with Crippen LogP contribution in [0.25, 0.3) is 0 Å². The average Bonchev–Trinajstić information content (AvgIpc) is 2.40. The van der Waals surface area contributed by atoms with Crippen LogP contribution in [0.15, 0.2) is 63.9 Å². The van der Waals surface area contributed by atoms with Crippen LogP contribution in [0.5, 0.6) is 11.5 Å². The van der Waals surface area contributed by atoms with Gasteiger partial charge in [-0.15, -0.1) is 0 Å². The minimum absolute atomic E-state index is 0.104. The maximum absolute atomic E-state index is 11.7. The number of sulfonamides is 1. The van der Waals surface area contributed by atoms with Crippen molar-refractivity contribution < 1.29 is 17.9 Å². The van der Waals surface area contributed by atoms with Crippen molar-refractivity contribution in [2.45, 2.75) is 4.90 Å². The summed E-state index contributed by atoms with van der Waals surface area (Å²) in [4.78, 5) is 9.97. The second-order valence-electron chi connectivity index (χ2n) is 3.52. The number of nitrogens with zero attached hydrogens (tertiary/aromatic N) is 1. The minimum atomic E-state index is -4.08. The second-order valence-corrected chi connectivity index (χ2v) is 5.09. The average molecular weight is 275 g/mol. The fourth-order valence-electron chi connectivity index (χ4n) is 1.46. The number of rotatable bonds is 4. The van der Waals surface area contributed by atoms with Gasteiger partial charge in [0.2, 0.25) is 0 Å². The summed E-state index contributed by atoms with van der Waals surface area (Å²) >= 11 is 0. The third-order valence-corrected chi connectivity index (χ3v) is 3.46. The summed E-state index contributed by atoms with van der Waals surface area (Å²) in [6, 6.07) is 14.7. The lowest BCUT2D eigenvalue weighted by atomic mass is 10.3. The Balaban J connectivity index is 2.46. The highest BCUT2D eigenvalue weighted by Crippen LogP contribution is 2.29. The number of isocyanates is 1. The zero-order valence-corrected chi connectivity index (χ0v) is 10.5. The number of benzene rings is 2. The van der Waals surface area contributed by atoms with Gasteiger partial charge in [-0.3, -0.25) is 0 Å². The summed E-state index contributed by atoms with van der Waals surface area (Å²) in [5, 5.41) is 0. The van der Waals surface area contributed by atoms with E-state index in [1.54, 1.807) is 30.3 Å². The van der Waals surface area contributed by atoms with E-state index < -0.39 is 10.0 Å². The van der Waals surface area contributed by atoms with Crippen LogP contribution in [-0.2, 0) is 14.8 Å². The van der Waals surface area contributed by atoms with Crippen molar-refractivity contribution in [3.63, 3.8) is 0 Å². The molecule has 0 atom stereocenters. The van der Waals surface area contributed by atoms with Gasteiger partial charge in [0.15, 0.2) is 0 Å². The molecular weight excluding hydrogens is 266 g/mol. The lowest BCUT2D eigenvalue weighted by Crippen LogP contribution is -1.99. The van der Waals surface area contributed by atoms with Crippen molar-refractivity contribution >= 4 is 16.1 Å². The predicted octanol–water partition coefficient (Wildman–Crippen LogP) is 2.50. The molecule has 0 heterocycles. The Labute approximate surface area is 110 Å². The molecule has 0 unspecified atom stereocenters. The van der Waals surface area contributed by atoms with Crippen LogP contribution in [0.1, 0.15) is 0 Å². The molecule has 0 amide bonds. The summed E-state index contributed by atoms with van der Waals surface area (Å²) in [5.41, 5.74) is 0. The van der Waals surface area contributed by atoms with Gasteiger partial charge in [0, 0.05) is 0 Å². The van der Waals surface area contributed by atoms with Gasteiger partial charge in [-0.05, 0) is 24.3 Å². The molecule has 0 aromatic heterocycles. The molecule has 0 saturated heterocycles. The van der Waals surface area contributed by atoms with Gasteiger partial charge < -0.3 is 4.74 Å². The molecule has 0 saturated carbocycles. The van der Waals surface area contributed by atoms with Crippen molar-refractivity contribution in [1.82, 2.24) is 0 Å². The number of ether oxygens (including phenoxy) is 1. The Kier molecular flexibility index (Phi) is 3.75. The summed E-state index contributed by atoms with van der Waals surface area (Å²) in [6.45, 7) is 0. The molecule has 2 rings (SSSR count). The van der Waals surface area contributed by atoms with Crippen LogP contribution in [0.3, 0.4) is 0 Å². The van der Waals surface area contributed by atoms with E-state index in [2.05, 4.69) is 4.40 Å². The molecule has 0 radical (unpaired) electrons. The number of hydrogen-bond acceptors (Lipinski definition) is 4. The molecular formula is C13H9NO4S. The zero-order valence-electron chi connectivity index (χ0n) is 9.68. The molecule has 0 fully saturated rings. The van der Waals surface area contributed by atoms with Crippen LogP contribution < -0.4 is 4.74 Å². The first kappa shape index (κ1) is 13.0. The Morgan fingerprint density at radius 2 is 1.58 bits per heavy atom. The van der Waals surface area contributed by atoms with E-state index in [0.717, 1.165) is 6.08 Å². The molecule has 19 heavy (non-hydrogen) atoms. The third kappa shape index (κ3) is 3.07. The molecule has 0 spiro atoms. The Morgan fingerprint density at radius 1 is 0.947 bits per heavy atom. The number of carbonyl (C=O) groups excluding carboxylic acids is 1. The fraction of sp³-hybridized carbons (Fsp3) is 0. The van der Waals surface area contributed by atoms with Crippen molar-refractivity contribution in [3.8, 4) is 11.5 Å². The van der Waals surface area contributed by atoms with E-state index >= 15 is 0 Å². The molecule has 0 aliphatic heterocycles. The number of hydrogen-bond donors (Lipinski definition) is 0. The SMILES string of the molecule is O=C=NS(=O)(=O)c1ccccc1Oc1ccccc1. The molecule has 0 bridgehead atoms. The first-order valence-electron chi connectivity index (χ1n) is 5.29. The Bertz CT molecular complexity index is 719. The van der Waals surface area contributed by atoms with Gasteiger partial charge in [0.05, 0.1) is 0 Å². The van der Waals surface area contributed by atoms with Crippen LogP contribution in [0, 0.1) is 0 Å². The second kappa shape index (κ2) is 5.48. The van der Waals surface area contributed by atoms with E-state index in [1.807, 2.05) is 6.07 Å². The maximum atomic E-state index is 11.7. The zero-order chi connectivity index (χ0) is 13.7. The molecule has 2 aromatic carbocycles. The smallest absolute Gasteiger partial charge is 0.296 e. The third-order valence-electron chi connectivity index (χ3n) is 2.26. The van der Waals surface area contributed by atoms with Gasteiger partial charge in [0.1, 0.15) is 16.4 Å². The van der Waals surface area contributed by atoms with Crippen LogP contribution in [0.2, 0.25) is 0 Å². The van der Waals surface area contributed by atoms with Crippen molar-refractivity contribution in [2.24, 2.45) is 4.40 Å². The fourth-order valence-corrected chi connectivity index (χ4v) is 2.27. The van der Waals surface area contributed by atoms with Crippen molar-refractivity contribution in [2.75, 3.05) is 0 Å². The molecule has 6 heteroatoms. The monoisotopic (exact) mass is 275 g/mol. The van der Waals surface area contributed by atoms with Gasteiger partial charge in [-0.2, -0.15) is 8.42 Å². The van der Waals surface area contributed by atoms with E-state index in [9.17, 15) is 13.2 Å². The van der Waals surface area contributed by atoms with Gasteiger partial charge >= 0.3 is 0 Å². The summed E-state index contributed by atoms with van der Waals surface area (Å²) < 4.78 is 31.8. The highest BCUT2D eigenvalue weighted by molar-refractivity contribution is 7.90. The summed E-state index contributed by atoms with van der Waals surface area (Å²) in [5.74, 6) is 0.591. The van der Waals surface area contributed by atoms with Crippen LogP contribution in [0.4, 0.5) is 0 Å². The highest BCUT2D eigenvalue weighted by Gasteiger charge is 2.18. The summed E-state index contributed by atoms with van der Waals surface area (Å²) in [7, 11) is -4.08. The topological polar surface area (TPSA) is 72.8 Å². The first-order valence-corrected chi connectivity index (χ1v) is 6.73. The predicted molar refractivity (Wildman–Crippen MR) is 68.3 cm³/mol.